The lowest BCUT2D eigenvalue weighted by Gasteiger charge is -2.39. The Morgan fingerprint density at radius 2 is 2.12 bits per heavy atom. The molecule has 0 aliphatic carbocycles. The van der Waals surface area contributed by atoms with Crippen LogP contribution in [0.1, 0.15) is 38.3 Å². The standard InChI is InChI=1S/C14H13ClN4O.C4H10/c1-2-8-6-9(15)7-10-11-12(18-17-11)14(20)19(13(8)10)5-3-4-16;1-4(2)3/h1,6-7,12,18H,3-5,16H2;4H,1-3H3. The fourth-order valence-corrected chi connectivity index (χ4v) is 2.73. The summed E-state index contributed by atoms with van der Waals surface area (Å²) in [6, 6.07) is 3.09. The summed E-state index contributed by atoms with van der Waals surface area (Å²) >= 11 is 6.09. The van der Waals surface area contributed by atoms with E-state index in [1.54, 1.807) is 17.0 Å². The summed E-state index contributed by atoms with van der Waals surface area (Å²) in [7, 11) is 0. The zero-order valence-electron chi connectivity index (χ0n) is 14.3. The molecule has 1 amide bonds. The minimum Gasteiger partial charge on any atom is -0.330 e. The van der Waals surface area contributed by atoms with E-state index in [2.05, 4.69) is 37.2 Å². The molecule has 1 aromatic carbocycles. The van der Waals surface area contributed by atoms with Gasteiger partial charge in [0.25, 0.3) is 5.91 Å². The number of carbonyl (C=O) groups is 1. The lowest BCUT2D eigenvalue weighted by Crippen LogP contribution is -2.60. The van der Waals surface area contributed by atoms with Crippen LogP contribution in [-0.4, -0.2) is 30.8 Å². The first-order valence-corrected chi connectivity index (χ1v) is 8.43. The summed E-state index contributed by atoms with van der Waals surface area (Å²) in [6.45, 7) is 7.54. The van der Waals surface area contributed by atoms with Crippen LogP contribution in [0, 0.1) is 18.3 Å². The molecule has 0 aromatic heterocycles. The predicted molar refractivity (Wildman–Crippen MR) is 99.4 cm³/mol. The molecular weight excluding hydrogens is 324 g/mol. The largest absolute Gasteiger partial charge is 0.330 e. The molecular formula is C18H23ClN4O. The third-order valence-electron chi connectivity index (χ3n) is 3.46. The monoisotopic (exact) mass is 346 g/mol. The lowest BCUT2D eigenvalue weighted by molar-refractivity contribution is -0.119. The van der Waals surface area contributed by atoms with E-state index in [1.807, 2.05) is 0 Å². The zero-order chi connectivity index (χ0) is 17.9. The van der Waals surface area contributed by atoms with E-state index < -0.39 is 6.04 Å². The number of hydrazone groups is 1. The molecule has 0 spiro atoms. The molecule has 2 aliphatic rings. The fourth-order valence-electron chi connectivity index (χ4n) is 2.51. The summed E-state index contributed by atoms with van der Waals surface area (Å²) in [5.74, 6) is 3.38. The summed E-state index contributed by atoms with van der Waals surface area (Å²) in [5.41, 5.74) is 11.2. The number of carbonyl (C=O) groups excluding carboxylic acids is 1. The van der Waals surface area contributed by atoms with E-state index in [-0.39, 0.29) is 5.91 Å². The van der Waals surface area contributed by atoms with Crippen molar-refractivity contribution in [2.24, 2.45) is 16.8 Å². The molecule has 5 nitrogen and oxygen atoms in total. The molecule has 1 unspecified atom stereocenters. The van der Waals surface area contributed by atoms with Crippen LogP contribution in [0.2, 0.25) is 5.02 Å². The number of anilines is 1. The van der Waals surface area contributed by atoms with Gasteiger partial charge in [-0.15, -0.1) is 6.42 Å². The second-order valence-corrected chi connectivity index (χ2v) is 6.85. The van der Waals surface area contributed by atoms with Crippen LogP contribution in [0.4, 0.5) is 5.69 Å². The third-order valence-corrected chi connectivity index (χ3v) is 3.68. The van der Waals surface area contributed by atoms with E-state index in [1.165, 1.54) is 0 Å². The number of hydrogen-bond acceptors (Lipinski definition) is 4. The van der Waals surface area contributed by atoms with Crippen molar-refractivity contribution in [2.45, 2.75) is 33.2 Å². The van der Waals surface area contributed by atoms with Crippen molar-refractivity contribution in [1.29, 1.82) is 0 Å². The highest BCUT2D eigenvalue weighted by atomic mass is 35.5. The van der Waals surface area contributed by atoms with Crippen molar-refractivity contribution in [1.82, 2.24) is 5.43 Å². The summed E-state index contributed by atoms with van der Waals surface area (Å²) in [4.78, 5) is 14.1. The maximum absolute atomic E-state index is 12.4. The van der Waals surface area contributed by atoms with E-state index in [4.69, 9.17) is 23.8 Å². The maximum Gasteiger partial charge on any atom is 0.257 e. The van der Waals surface area contributed by atoms with E-state index in [0.717, 1.165) is 11.5 Å². The molecule has 0 fully saturated rings. The number of amides is 1. The van der Waals surface area contributed by atoms with Gasteiger partial charge in [0.1, 0.15) is 5.71 Å². The maximum atomic E-state index is 12.4. The Hall–Kier alpha value is -2.03. The fraction of sp³-hybridized carbons (Fsp3) is 0.444. The van der Waals surface area contributed by atoms with Gasteiger partial charge in [0.15, 0.2) is 6.04 Å². The number of nitrogens with zero attached hydrogens (tertiary/aromatic N) is 2. The van der Waals surface area contributed by atoms with Crippen molar-refractivity contribution in [3.05, 3.63) is 28.3 Å². The summed E-state index contributed by atoms with van der Waals surface area (Å²) < 4.78 is 0. The van der Waals surface area contributed by atoms with Gasteiger partial charge < -0.3 is 10.6 Å². The van der Waals surface area contributed by atoms with Crippen molar-refractivity contribution >= 4 is 28.9 Å². The number of halogens is 1. The Balaban J connectivity index is 0.000000471. The Morgan fingerprint density at radius 1 is 1.46 bits per heavy atom. The number of benzene rings is 1. The van der Waals surface area contributed by atoms with Crippen molar-refractivity contribution in [2.75, 3.05) is 18.0 Å². The number of nitrogens with two attached hydrogens (primary N) is 1. The highest BCUT2D eigenvalue weighted by molar-refractivity contribution is 6.34. The first kappa shape index (κ1) is 18.3. The van der Waals surface area contributed by atoms with Gasteiger partial charge in [-0.3, -0.25) is 10.2 Å². The van der Waals surface area contributed by atoms with Gasteiger partial charge in [-0.2, -0.15) is 5.10 Å². The number of hydrogen-bond donors (Lipinski definition) is 2. The Morgan fingerprint density at radius 3 is 2.62 bits per heavy atom. The molecule has 1 aromatic rings. The molecule has 2 aliphatic heterocycles. The Labute approximate surface area is 148 Å². The molecule has 3 rings (SSSR count). The van der Waals surface area contributed by atoms with E-state index in [9.17, 15) is 4.79 Å². The van der Waals surface area contributed by atoms with Crippen LogP contribution in [0.3, 0.4) is 0 Å². The second kappa shape index (κ2) is 7.69. The first-order chi connectivity index (χ1) is 11.4. The van der Waals surface area contributed by atoms with Crippen LogP contribution >= 0.6 is 11.6 Å². The van der Waals surface area contributed by atoms with Crippen molar-refractivity contribution in [3.63, 3.8) is 0 Å². The van der Waals surface area contributed by atoms with Crippen molar-refractivity contribution in [3.8, 4) is 12.3 Å². The average molecular weight is 347 g/mol. The normalized spacial score (nSPS) is 17.5. The molecule has 128 valence electrons. The quantitative estimate of drug-likeness (QED) is 0.825. The minimum absolute atomic E-state index is 0.0465. The topological polar surface area (TPSA) is 70.7 Å². The predicted octanol–water partition coefficient (Wildman–Crippen LogP) is 2.35. The molecule has 0 radical (unpaired) electrons. The molecule has 0 saturated heterocycles. The van der Waals surface area contributed by atoms with Gasteiger partial charge in [0.05, 0.1) is 11.3 Å². The van der Waals surface area contributed by atoms with Crippen LogP contribution in [-0.2, 0) is 4.79 Å². The zero-order valence-corrected chi connectivity index (χ0v) is 15.0. The second-order valence-electron chi connectivity index (χ2n) is 6.42. The average Bonchev–Trinajstić information content (AvgIpc) is 2.46. The van der Waals surface area contributed by atoms with Gasteiger partial charge >= 0.3 is 0 Å². The van der Waals surface area contributed by atoms with E-state index in [0.29, 0.717) is 41.5 Å². The minimum atomic E-state index is -0.399. The Kier molecular flexibility index (Phi) is 5.87. The molecule has 24 heavy (non-hydrogen) atoms. The highest BCUT2D eigenvalue weighted by Crippen LogP contribution is 2.36. The van der Waals surface area contributed by atoms with Crippen LogP contribution in [0.15, 0.2) is 17.2 Å². The summed E-state index contributed by atoms with van der Waals surface area (Å²) in [5, 5.41) is 4.62. The number of nitrogens with one attached hydrogen (secondary N) is 1. The SMILES string of the molecule is C#Cc1cc(Cl)cc2c1N(CCCN)C(=O)C1NN=C21.CC(C)C. The lowest BCUT2D eigenvalue weighted by atomic mass is 9.90. The molecule has 0 saturated carbocycles. The molecule has 1 atom stereocenters. The first-order valence-electron chi connectivity index (χ1n) is 8.05. The Bertz CT molecular complexity index is 703. The van der Waals surface area contributed by atoms with Gasteiger partial charge in [0.2, 0.25) is 0 Å². The van der Waals surface area contributed by atoms with Crippen LogP contribution in [0.25, 0.3) is 0 Å². The van der Waals surface area contributed by atoms with Crippen LogP contribution in [0.5, 0.6) is 0 Å². The van der Waals surface area contributed by atoms with E-state index >= 15 is 0 Å². The third kappa shape index (κ3) is 3.55. The number of rotatable bonds is 3. The van der Waals surface area contributed by atoms with Gasteiger partial charge in [-0.25, -0.2) is 0 Å². The molecule has 2 heterocycles. The molecule has 0 bridgehead atoms. The number of terminal acetylenes is 1. The summed E-state index contributed by atoms with van der Waals surface area (Å²) in [6.07, 6.45) is 6.26. The highest BCUT2D eigenvalue weighted by Gasteiger charge is 2.43. The molecule has 6 heteroatoms. The van der Waals surface area contributed by atoms with Gasteiger partial charge in [0, 0.05) is 17.1 Å². The number of fused-ring (bicyclic) bond motifs is 3. The smallest absolute Gasteiger partial charge is 0.257 e. The van der Waals surface area contributed by atoms with Gasteiger partial charge in [-0.05, 0) is 31.0 Å². The van der Waals surface area contributed by atoms with Gasteiger partial charge in [-0.1, -0.05) is 38.3 Å². The van der Waals surface area contributed by atoms with Crippen LogP contribution < -0.4 is 16.1 Å². The van der Waals surface area contributed by atoms with Crippen molar-refractivity contribution < 1.29 is 4.79 Å². The molecule has 3 N–H and O–H groups in total.